The third-order valence-electron chi connectivity index (χ3n) is 9.33. The lowest BCUT2D eigenvalue weighted by Crippen LogP contribution is -2.46. The van der Waals surface area contributed by atoms with Crippen LogP contribution in [0.5, 0.6) is 0 Å². The smallest absolute Gasteiger partial charge is 0.264 e. The molecule has 1 saturated heterocycles. The van der Waals surface area contributed by atoms with E-state index in [9.17, 15) is 24.6 Å². The van der Waals surface area contributed by atoms with Crippen molar-refractivity contribution in [3.8, 4) is 0 Å². The predicted octanol–water partition coefficient (Wildman–Crippen LogP) is 4.47. The van der Waals surface area contributed by atoms with Crippen LogP contribution in [-0.4, -0.2) is 52.0 Å². The van der Waals surface area contributed by atoms with E-state index < -0.39 is 17.4 Å². The van der Waals surface area contributed by atoms with Gasteiger partial charge in [0.25, 0.3) is 5.91 Å². The summed E-state index contributed by atoms with van der Waals surface area (Å²) in [6.07, 6.45) is 6.58. The van der Waals surface area contributed by atoms with Crippen molar-refractivity contribution in [1.82, 2.24) is 4.90 Å². The molecule has 3 amide bonds. The highest BCUT2D eigenvalue weighted by atomic mass is 16.3. The van der Waals surface area contributed by atoms with E-state index in [2.05, 4.69) is 0 Å². The van der Waals surface area contributed by atoms with Gasteiger partial charge in [0.05, 0.1) is 24.9 Å². The van der Waals surface area contributed by atoms with Gasteiger partial charge >= 0.3 is 0 Å². The minimum absolute atomic E-state index is 0.0979. The van der Waals surface area contributed by atoms with Gasteiger partial charge in [0.2, 0.25) is 11.8 Å². The van der Waals surface area contributed by atoms with Crippen molar-refractivity contribution in [2.45, 2.75) is 63.8 Å². The predicted molar refractivity (Wildman–Crippen MR) is 169 cm³/mol. The molecular weight excluding hydrogens is 554 g/mol. The first-order valence-corrected chi connectivity index (χ1v) is 15.5. The zero-order valence-corrected chi connectivity index (χ0v) is 25.1. The molecule has 1 fully saturated rings. The highest BCUT2D eigenvalue weighted by Crippen LogP contribution is 2.45. The summed E-state index contributed by atoms with van der Waals surface area (Å²) in [6, 6.07) is 22.7. The van der Waals surface area contributed by atoms with E-state index in [4.69, 9.17) is 0 Å². The van der Waals surface area contributed by atoms with Gasteiger partial charge in [-0.2, -0.15) is 0 Å². The van der Waals surface area contributed by atoms with Gasteiger partial charge in [-0.25, -0.2) is 0 Å². The summed E-state index contributed by atoms with van der Waals surface area (Å²) in [4.78, 5) is 44.9. The molecule has 8 nitrogen and oxygen atoms in total. The molecule has 3 aliphatic rings. The van der Waals surface area contributed by atoms with E-state index in [-0.39, 0.29) is 37.4 Å². The topological polar surface area (TPSA) is 101 Å². The van der Waals surface area contributed by atoms with Gasteiger partial charge in [-0.1, -0.05) is 73.7 Å². The van der Waals surface area contributed by atoms with Gasteiger partial charge in [0, 0.05) is 43.1 Å². The number of aliphatic hydroxyl groups is 2. The van der Waals surface area contributed by atoms with Crippen LogP contribution < -0.4 is 9.80 Å². The molecule has 0 bridgehead atoms. The van der Waals surface area contributed by atoms with Gasteiger partial charge in [-0.05, 0) is 54.2 Å². The summed E-state index contributed by atoms with van der Waals surface area (Å²) in [7, 11) is 0. The average Bonchev–Trinajstić information content (AvgIpc) is 3.27. The van der Waals surface area contributed by atoms with Crippen LogP contribution >= 0.6 is 0 Å². The third kappa shape index (κ3) is 5.44. The SMILES string of the molecule is C[C@H](/C=C/CC(=O)N1Cc2ccccc2C[C@H]1CO)[C@@]1(O)C(=O)N(Cc2cccc(N3CCCCC3=O)c2)c2ccccc21. The minimum atomic E-state index is -1.80. The monoisotopic (exact) mass is 593 g/mol. The normalized spacial score (nSPS) is 22.3. The van der Waals surface area contributed by atoms with Crippen LogP contribution in [0.3, 0.4) is 0 Å². The quantitative estimate of drug-likeness (QED) is 0.376. The summed E-state index contributed by atoms with van der Waals surface area (Å²) in [5.74, 6) is -1.03. The molecule has 0 saturated carbocycles. The van der Waals surface area contributed by atoms with Crippen molar-refractivity contribution in [2.24, 2.45) is 5.92 Å². The minimum Gasteiger partial charge on any atom is -0.394 e. The van der Waals surface area contributed by atoms with Crippen molar-refractivity contribution in [1.29, 1.82) is 0 Å². The molecule has 228 valence electrons. The number of fused-ring (bicyclic) bond motifs is 2. The molecule has 3 aromatic carbocycles. The van der Waals surface area contributed by atoms with Crippen LogP contribution in [0.1, 0.15) is 54.9 Å². The molecule has 44 heavy (non-hydrogen) atoms. The Morgan fingerprint density at radius 2 is 1.80 bits per heavy atom. The van der Waals surface area contributed by atoms with Crippen molar-refractivity contribution in [3.63, 3.8) is 0 Å². The molecule has 0 aromatic heterocycles. The molecule has 6 rings (SSSR count). The van der Waals surface area contributed by atoms with E-state index in [0.29, 0.717) is 37.2 Å². The Hall–Kier alpha value is -4.27. The van der Waals surface area contributed by atoms with E-state index in [1.807, 2.05) is 71.6 Å². The van der Waals surface area contributed by atoms with Crippen molar-refractivity contribution in [3.05, 3.63) is 107 Å². The lowest BCUT2D eigenvalue weighted by molar-refractivity contribution is -0.139. The number of carbonyl (C=O) groups excluding carboxylic acids is 3. The average molecular weight is 594 g/mol. The molecule has 0 spiro atoms. The van der Waals surface area contributed by atoms with E-state index in [1.54, 1.807) is 34.9 Å². The van der Waals surface area contributed by atoms with Crippen molar-refractivity contribution >= 4 is 29.1 Å². The summed E-state index contributed by atoms with van der Waals surface area (Å²) in [6.45, 7) is 3.06. The summed E-state index contributed by atoms with van der Waals surface area (Å²) in [5, 5.41) is 22.0. The number of piperidine rings is 1. The maximum atomic E-state index is 14.0. The summed E-state index contributed by atoms with van der Waals surface area (Å²) >= 11 is 0. The fourth-order valence-electron chi connectivity index (χ4n) is 6.81. The Kier molecular flexibility index (Phi) is 8.38. The molecule has 0 unspecified atom stereocenters. The number of hydrogen-bond donors (Lipinski definition) is 2. The van der Waals surface area contributed by atoms with Crippen LogP contribution in [0.15, 0.2) is 84.9 Å². The highest BCUT2D eigenvalue weighted by molar-refractivity contribution is 6.07. The number of aliphatic hydroxyl groups excluding tert-OH is 1. The zero-order valence-electron chi connectivity index (χ0n) is 25.1. The fraction of sp³-hybridized carbons (Fsp3) is 0.361. The number of benzene rings is 3. The molecule has 0 radical (unpaired) electrons. The maximum absolute atomic E-state index is 14.0. The molecule has 2 N–H and O–H groups in total. The molecule has 3 atom stereocenters. The van der Waals surface area contributed by atoms with Crippen LogP contribution in [0.2, 0.25) is 0 Å². The van der Waals surface area contributed by atoms with Crippen LogP contribution in [0, 0.1) is 5.92 Å². The van der Waals surface area contributed by atoms with E-state index >= 15 is 0 Å². The largest absolute Gasteiger partial charge is 0.394 e. The van der Waals surface area contributed by atoms with Gasteiger partial charge in [-0.3, -0.25) is 14.4 Å². The fourth-order valence-corrected chi connectivity index (χ4v) is 6.81. The Morgan fingerprint density at radius 1 is 1.02 bits per heavy atom. The summed E-state index contributed by atoms with van der Waals surface area (Å²) < 4.78 is 0. The van der Waals surface area contributed by atoms with Gasteiger partial charge < -0.3 is 24.9 Å². The molecule has 3 aromatic rings. The Balaban J connectivity index is 1.18. The second-order valence-corrected chi connectivity index (χ2v) is 12.1. The van der Waals surface area contributed by atoms with E-state index in [0.717, 1.165) is 35.2 Å². The maximum Gasteiger partial charge on any atom is 0.264 e. The van der Waals surface area contributed by atoms with E-state index in [1.165, 1.54) is 0 Å². The van der Waals surface area contributed by atoms with Crippen molar-refractivity contribution < 1.29 is 24.6 Å². The molecule has 8 heteroatoms. The summed E-state index contributed by atoms with van der Waals surface area (Å²) in [5.41, 5.74) is 3.30. The number of nitrogens with zero attached hydrogens (tertiary/aromatic N) is 3. The zero-order chi connectivity index (χ0) is 30.8. The standard InChI is InChI=1S/C36H39N3O5/c1-25(10-8-18-34(42)38-23-28-13-3-2-12-27(28)21-30(38)24-40)36(44)31-15-4-5-16-32(31)39(35(36)43)22-26-11-9-14-29(20-26)37-19-7-6-17-33(37)41/h2-5,8-16,20,25,30,40,44H,6-7,17-19,21-24H2,1H3/b10-8+/t25-,30+,36+/m1/s1. The first-order valence-electron chi connectivity index (χ1n) is 15.5. The molecule has 0 aliphatic carbocycles. The van der Waals surface area contributed by atoms with Gasteiger partial charge in [-0.15, -0.1) is 0 Å². The first-order chi connectivity index (χ1) is 21.3. The Morgan fingerprint density at radius 3 is 2.59 bits per heavy atom. The number of hydrogen-bond acceptors (Lipinski definition) is 5. The molecular formula is C36H39N3O5. The third-order valence-corrected chi connectivity index (χ3v) is 9.33. The lowest BCUT2D eigenvalue weighted by atomic mass is 9.83. The number of carbonyl (C=O) groups is 3. The van der Waals surface area contributed by atoms with Crippen molar-refractivity contribution in [2.75, 3.05) is 23.0 Å². The van der Waals surface area contributed by atoms with Crippen LogP contribution in [0.4, 0.5) is 11.4 Å². The Labute approximate surface area is 258 Å². The lowest BCUT2D eigenvalue weighted by Gasteiger charge is -2.36. The Bertz CT molecular complexity index is 1600. The van der Waals surface area contributed by atoms with Gasteiger partial charge in [0.15, 0.2) is 5.60 Å². The molecule has 3 heterocycles. The number of amides is 3. The number of rotatable bonds is 8. The second-order valence-electron chi connectivity index (χ2n) is 12.1. The number of para-hydroxylation sites is 1. The van der Waals surface area contributed by atoms with Gasteiger partial charge in [0.1, 0.15) is 0 Å². The van der Waals surface area contributed by atoms with Crippen LogP contribution in [0.25, 0.3) is 0 Å². The molecule has 3 aliphatic heterocycles. The number of anilines is 2. The highest BCUT2D eigenvalue weighted by Gasteiger charge is 2.52. The van der Waals surface area contributed by atoms with Crippen LogP contribution in [-0.2, 0) is 39.5 Å². The first kappa shape index (κ1) is 29.8. The second kappa shape index (κ2) is 12.4.